The van der Waals surface area contributed by atoms with Gasteiger partial charge in [-0.15, -0.1) is 0 Å². The summed E-state index contributed by atoms with van der Waals surface area (Å²) in [7, 11) is 0. The Morgan fingerprint density at radius 3 is 2.94 bits per heavy atom. The van der Waals surface area contributed by atoms with E-state index in [0.717, 1.165) is 12.8 Å². The van der Waals surface area contributed by atoms with Gasteiger partial charge in [0, 0.05) is 13.2 Å². The van der Waals surface area contributed by atoms with E-state index in [1.165, 1.54) is 18.2 Å². The van der Waals surface area contributed by atoms with Crippen LogP contribution in [0.3, 0.4) is 0 Å². The number of esters is 1. The molecule has 92 valence electrons. The summed E-state index contributed by atoms with van der Waals surface area (Å²) in [5, 5.41) is 0. The van der Waals surface area contributed by atoms with Crippen molar-refractivity contribution in [3.05, 3.63) is 29.8 Å². The first-order valence-corrected chi connectivity index (χ1v) is 5.63. The van der Waals surface area contributed by atoms with Crippen LogP contribution in [0.25, 0.3) is 0 Å². The molecule has 1 aliphatic heterocycles. The minimum atomic E-state index is -0.675. The van der Waals surface area contributed by atoms with Gasteiger partial charge < -0.3 is 9.47 Å². The van der Waals surface area contributed by atoms with Gasteiger partial charge in [0.05, 0.1) is 6.61 Å². The summed E-state index contributed by atoms with van der Waals surface area (Å²) >= 11 is 0. The topological polar surface area (TPSA) is 48.4 Å². The van der Waals surface area contributed by atoms with Crippen LogP contribution in [0, 0.1) is 11.9 Å². The normalized spacial score (nSPS) is 16.8. The van der Waals surface area contributed by atoms with Crippen molar-refractivity contribution < 1.29 is 18.7 Å². The van der Waals surface area contributed by atoms with Crippen molar-refractivity contribution in [1.82, 2.24) is 4.98 Å². The molecule has 0 spiro atoms. The van der Waals surface area contributed by atoms with E-state index in [2.05, 4.69) is 4.98 Å². The van der Waals surface area contributed by atoms with Crippen LogP contribution in [-0.2, 0) is 9.47 Å². The lowest BCUT2D eigenvalue weighted by Crippen LogP contribution is -2.22. The van der Waals surface area contributed by atoms with Gasteiger partial charge in [0.2, 0.25) is 5.95 Å². The van der Waals surface area contributed by atoms with Crippen LogP contribution in [0.15, 0.2) is 18.2 Å². The second kappa shape index (κ2) is 5.72. The number of carbonyl (C=O) groups excluding carboxylic acids is 1. The molecule has 0 aromatic carbocycles. The smallest absolute Gasteiger partial charge is 0.357 e. The molecule has 0 saturated carbocycles. The third-order valence-electron chi connectivity index (χ3n) is 2.72. The molecule has 0 unspecified atom stereocenters. The molecule has 0 atom stereocenters. The van der Waals surface area contributed by atoms with Crippen LogP contribution in [0.4, 0.5) is 4.39 Å². The van der Waals surface area contributed by atoms with Gasteiger partial charge in [0.25, 0.3) is 0 Å². The van der Waals surface area contributed by atoms with Gasteiger partial charge in [-0.2, -0.15) is 4.39 Å². The largest absolute Gasteiger partial charge is 0.461 e. The zero-order valence-corrected chi connectivity index (χ0v) is 9.39. The maximum absolute atomic E-state index is 12.8. The van der Waals surface area contributed by atoms with Crippen LogP contribution < -0.4 is 0 Å². The molecule has 17 heavy (non-hydrogen) atoms. The summed E-state index contributed by atoms with van der Waals surface area (Å²) in [4.78, 5) is 15.0. The highest BCUT2D eigenvalue weighted by Crippen LogP contribution is 2.15. The minimum Gasteiger partial charge on any atom is -0.461 e. The molecule has 0 bridgehead atoms. The minimum absolute atomic E-state index is 0.0112. The van der Waals surface area contributed by atoms with E-state index in [1.54, 1.807) is 0 Å². The first kappa shape index (κ1) is 12.0. The third-order valence-corrected chi connectivity index (χ3v) is 2.72. The summed E-state index contributed by atoms with van der Waals surface area (Å²) in [5.74, 6) is -0.914. The number of nitrogens with zero attached hydrogens (tertiary/aromatic N) is 1. The number of halogens is 1. The van der Waals surface area contributed by atoms with Crippen LogP contribution >= 0.6 is 0 Å². The van der Waals surface area contributed by atoms with Crippen LogP contribution in [0.2, 0.25) is 0 Å². The molecule has 0 aliphatic carbocycles. The first-order valence-electron chi connectivity index (χ1n) is 5.63. The molecule has 5 heteroatoms. The molecule has 4 nitrogen and oxygen atoms in total. The Morgan fingerprint density at radius 1 is 1.47 bits per heavy atom. The van der Waals surface area contributed by atoms with Gasteiger partial charge >= 0.3 is 5.97 Å². The second-order valence-electron chi connectivity index (χ2n) is 4.00. The van der Waals surface area contributed by atoms with Gasteiger partial charge in [0.1, 0.15) is 0 Å². The zero-order valence-electron chi connectivity index (χ0n) is 9.39. The van der Waals surface area contributed by atoms with Crippen molar-refractivity contribution in [2.75, 3.05) is 19.8 Å². The highest BCUT2D eigenvalue weighted by molar-refractivity contribution is 5.87. The number of hydrogen-bond acceptors (Lipinski definition) is 4. The molecule has 1 aliphatic rings. The van der Waals surface area contributed by atoms with E-state index < -0.39 is 11.9 Å². The molecule has 2 rings (SSSR count). The Morgan fingerprint density at radius 2 is 2.24 bits per heavy atom. The molecular weight excluding hydrogens is 225 g/mol. The first-order chi connectivity index (χ1) is 8.25. The summed E-state index contributed by atoms with van der Waals surface area (Å²) in [6.45, 7) is 1.77. The van der Waals surface area contributed by atoms with Crippen molar-refractivity contribution in [2.45, 2.75) is 12.8 Å². The van der Waals surface area contributed by atoms with Gasteiger partial charge in [-0.1, -0.05) is 6.07 Å². The number of carbonyl (C=O) groups is 1. The lowest BCUT2D eigenvalue weighted by molar-refractivity contribution is 0.0181. The van der Waals surface area contributed by atoms with E-state index in [-0.39, 0.29) is 5.69 Å². The van der Waals surface area contributed by atoms with Crippen molar-refractivity contribution in [3.63, 3.8) is 0 Å². The van der Waals surface area contributed by atoms with Crippen molar-refractivity contribution >= 4 is 5.97 Å². The maximum atomic E-state index is 12.8. The Kier molecular flexibility index (Phi) is 4.03. The summed E-state index contributed by atoms with van der Waals surface area (Å²) in [6, 6.07) is 4.07. The Bertz CT molecular complexity index is 391. The van der Waals surface area contributed by atoms with Crippen molar-refractivity contribution in [3.8, 4) is 0 Å². The molecule has 0 N–H and O–H groups in total. The molecule has 0 amide bonds. The van der Waals surface area contributed by atoms with E-state index in [4.69, 9.17) is 9.47 Å². The number of ether oxygens (including phenoxy) is 2. The second-order valence-corrected chi connectivity index (χ2v) is 4.00. The summed E-state index contributed by atoms with van der Waals surface area (Å²) < 4.78 is 23.1. The van der Waals surface area contributed by atoms with Gasteiger partial charge in [0.15, 0.2) is 5.69 Å². The van der Waals surface area contributed by atoms with Crippen LogP contribution in [0.1, 0.15) is 23.3 Å². The van der Waals surface area contributed by atoms with Crippen molar-refractivity contribution in [1.29, 1.82) is 0 Å². The number of pyridine rings is 1. The third kappa shape index (κ3) is 3.49. The maximum Gasteiger partial charge on any atom is 0.357 e. The Balaban J connectivity index is 1.84. The Hall–Kier alpha value is -1.49. The predicted octanol–water partition coefficient (Wildman–Crippen LogP) is 1.80. The fraction of sp³-hybridized carbons (Fsp3) is 0.500. The molecule has 2 heterocycles. The predicted molar refractivity (Wildman–Crippen MR) is 58.0 cm³/mol. The molecule has 1 saturated heterocycles. The quantitative estimate of drug-likeness (QED) is 0.596. The van der Waals surface area contributed by atoms with E-state index in [9.17, 15) is 9.18 Å². The molecule has 1 aromatic heterocycles. The van der Waals surface area contributed by atoms with E-state index in [0.29, 0.717) is 25.7 Å². The number of rotatable bonds is 3. The molecule has 1 aromatic rings. The Labute approximate surface area is 98.8 Å². The number of hydrogen-bond donors (Lipinski definition) is 0. The lowest BCUT2D eigenvalue weighted by Gasteiger charge is -2.21. The van der Waals surface area contributed by atoms with Gasteiger partial charge in [-0.3, -0.25) is 0 Å². The van der Waals surface area contributed by atoms with Gasteiger partial charge in [-0.25, -0.2) is 9.78 Å². The van der Waals surface area contributed by atoms with Gasteiger partial charge in [-0.05, 0) is 30.9 Å². The average molecular weight is 239 g/mol. The van der Waals surface area contributed by atoms with Crippen LogP contribution in [-0.4, -0.2) is 30.8 Å². The highest BCUT2D eigenvalue weighted by Gasteiger charge is 2.17. The molecule has 1 fully saturated rings. The summed E-state index contributed by atoms with van der Waals surface area (Å²) in [6.07, 6.45) is 1.79. The van der Waals surface area contributed by atoms with E-state index >= 15 is 0 Å². The fourth-order valence-corrected chi connectivity index (χ4v) is 1.70. The molecular formula is C12H14FNO3. The average Bonchev–Trinajstić information content (AvgIpc) is 2.37. The monoisotopic (exact) mass is 239 g/mol. The molecule has 0 radical (unpaired) electrons. The zero-order chi connectivity index (χ0) is 12.1. The van der Waals surface area contributed by atoms with Crippen molar-refractivity contribution in [2.24, 2.45) is 5.92 Å². The van der Waals surface area contributed by atoms with Crippen LogP contribution in [0.5, 0.6) is 0 Å². The fourth-order valence-electron chi connectivity index (χ4n) is 1.70. The van der Waals surface area contributed by atoms with E-state index in [1.807, 2.05) is 0 Å². The highest BCUT2D eigenvalue weighted by atomic mass is 19.1. The number of aromatic nitrogens is 1. The standard InChI is InChI=1S/C12H14FNO3/c13-11-3-1-2-10(14-11)12(15)17-8-9-4-6-16-7-5-9/h1-3,9H,4-8H2. The SMILES string of the molecule is O=C(OCC1CCOCC1)c1cccc(F)n1. The lowest BCUT2D eigenvalue weighted by atomic mass is 10.0. The summed E-state index contributed by atoms with van der Waals surface area (Å²) in [5.41, 5.74) is 0.0112.